The number of nitrogens with two attached hydrogens (primary N) is 2. The number of primary sulfonamides is 1. The van der Waals surface area contributed by atoms with Crippen molar-refractivity contribution in [3.8, 4) is 0 Å². The number of para-hydroxylation sites is 1. The van der Waals surface area contributed by atoms with Gasteiger partial charge in [-0.2, -0.15) is 0 Å². The highest BCUT2D eigenvalue weighted by molar-refractivity contribution is 7.89. The van der Waals surface area contributed by atoms with Gasteiger partial charge in [0, 0.05) is 13.1 Å². The molecular weight excluding hydrogens is 266 g/mol. The van der Waals surface area contributed by atoms with E-state index in [1.54, 1.807) is 12.1 Å². The Bertz CT molecular complexity index is 564. The van der Waals surface area contributed by atoms with Crippen LogP contribution in [-0.4, -0.2) is 33.7 Å². The predicted octanol–water partition coefficient (Wildman–Crippen LogP) is 0.530. The molecule has 2 atom stereocenters. The van der Waals surface area contributed by atoms with Crippen LogP contribution >= 0.6 is 0 Å². The molecule has 0 amide bonds. The lowest BCUT2D eigenvalue weighted by Crippen LogP contribution is -2.45. The summed E-state index contributed by atoms with van der Waals surface area (Å²) in [6.45, 7) is 5.29. The Hall–Kier alpha value is -1.31. The summed E-state index contributed by atoms with van der Waals surface area (Å²) < 4.78 is 28.6. The Kier molecular flexibility index (Phi) is 3.71. The molecule has 6 nitrogen and oxygen atoms in total. The second-order valence-corrected chi connectivity index (χ2v) is 6.43. The molecule has 2 unspecified atom stereocenters. The van der Waals surface area contributed by atoms with Crippen LogP contribution in [0.3, 0.4) is 0 Å². The number of hydrogen-bond donors (Lipinski definition) is 2. The summed E-state index contributed by atoms with van der Waals surface area (Å²) in [6.07, 6.45) is 0.141. The van der Waals surface area contributed by atoms with E-state index in [4.69, 9.17) is 15.6 Å². The lowest BCUT2D eigenvalue weighted by molar-refractivity contribution is -0.00517. The zero-order valence-corrected chi connectivity index (χ0v) is 11.9. The van der Waals surface area contributed by atoms with Crippen LogP contribution in [0.4, 0.5) is 11.4 Å². The molecule has 0 bridgehead atoms. The first-order chi connectivity index (χ1) is 8.79. The van der Waals surface area contributed by atoms with E-state index in [1.807, 2.05) is 18.7 Å². The lowest BCUT2D eigenvalue weighted by Gasteiger charge is -2.37. The fourth-order valence-electron chi connectivity index (χ4n) is 2.43. The van der Waals surface area contributed by atoms with Crippen LogP contribution in [0.2, 0.25) is 0 Å². The third kappa shape index (κ3) is 2.99. The van der Waals surface area contributed by atoms with Crippen molar-refractivity contribution in [2.24, 2.45) is 5.14 Å². The van der Waals surface area contributed by atoms with E-state index < -0.39 is 10.0 Å². The smallest absolute Gasteiger partial charge is 0.240 e. The molecule has 1 fully saturated rings. The van der Waals surface area contributed by atoms with Gasteiger partial charge in [0.1, 0.15) is 4.90 Å². The molecule has 4 N–H and O–H groups in total. The van der Waals surface area contributed by atoms with E-state index in [-0.39, 0.29) is 22.8 Å². The molecule has 2 rings (SSSR count). The standard InChI is InChI=1S/C12H19N3O3S/c1-8-6-15(7-9(2)18-8)10-4-3-5-11(12(10)13)19(14,16)17/h3-5,8-9H,6-7,13H2,1-2H3,(H2,14,16,17). The van der Waals surface area contributed by atoms with Crippen molar-refractivity contribution in [3.63, 3.8) is 0 Å². The van der Waals surface area contributed by atoms with Gasteiger partial charge in [-0.3, -0.25) is 0 Å². The molecule has 19 heavy (non-hydrogen) atoms. The first-order valence-corrected chi connectivity index (χ1v) is 7.65. The number of hydrogen-bond acceptors (Lipinski definition) is 5. The first-order valence-electron chi connectivity index (χ1n) is 6.10. The number of anilines is 2. The summed E-state index contributed by atoms with van der Waals surface area (Å²) >= 11 is 0. The maximum atomic E-state index is 11.5. The zero-order valence-electron chi connectivity index (χ0n) is 11.0. The minimum atomic E-state index is -3.80. The van der Waals surface area contributed by atoms with Gasteiger partial charge in [-0.05, 0) is 26.0 Å². The van der Waals surface area contributed by atoms with Crippen LogP contribution < -0.4 is 15.8 Å². The van der Waals surface area contributed by atoms with E-state index in [0.29, 0.717) is 18.8 Å². The van der Waals surface area contributed by atoms with Crippen molar-refractivity contribution >= 4 is 21.4 Å². The molecule has 106 valence electrons. The summed E-state index contributed by atoms with van der Waals surface area (Å²) in [4.78, 5) is 2.00. The highest BCUT2D eigenvalue weighted by atomic mass is 32.2. The third-order valence-electron chi connectivity index (χ3n) is 3.11. The summed E-state index contributed by atoms with van der Waals surface area (Å²) in [5.41, 5.74) is 6.84. The van der Waals surface area contributed by atoms with Gasteiger partial charge >= 0.3 is 0 Å². The number of morpholine rings is 1. The molecule has 1 aliphatic rings. The molecule has 0 aromatic heterocycles. The molecule has 7 heteroatoms. The number of nitrogens with zero attached hydrogens (tertiary/aromatic N) is 1. The number of ether oxygens (including phenoxy) is 1. The lowest BCUT2D eigenvalue weighted by atomic mass is 10.2. The molecular formula is C12H19N3O3S. The highest BCUT2D eigenvalue weighted by Crippen LogP contribution is 2.31. The van der Waals surface area contributed by atoms with Gasteiger partial charge in [-0.1, -0.05) is 6.07 Å². The Labute approximate surface area is 113 Å². The van der Waals surface area contributed by atoms with E-state index in [0.717, 1.165) is 0 Å². The molecule has 1 heterocycles. The van der Waals surface area contributed by atoms with Crippen LogP contribution in [0.5, 0.6) is 0 Å². The largest absolute Gasteiger partial charge is 0.396 e. The van der Waals surface area contributed by atoms with Gasteiger partial charge < -0.3 is 15.4 Å². The van der Waals surface area contributed by atoms with Crippen molar-refractivity contribution in [3.05, 3.63) is 18.2 Å². The van der Waals surface area contributed by atoms with E-state index in [1.165, 1.54) is 6.07 Å². The summed E-state index contributed by atoms with van der Waals surface area (Å²) in [7, 11) is -3.80. The molecule has 0 radical (unpaired) electrons. The van der Waals surface area contributed by atoms with Gasteiger partial charge in [0.25, 0.3) is 0 Å². The van der Waals surface area contributed by atoms with E-state index in [2.05, 4.69) is 0 Å². The number of sulfonamides is 1. The minimum absolute atomic E-state index is 0.0307. The Morgan fingerprint density at radius 3 is 2.37 bits per heavy atom. The van der Waals surface area contributed by atoms with Crippen LogP contribution in [0.1, 0.15) is 13.8 Å². The second-order valence-electron chi connectivity index (χ2n) is 4.90. The van der Waals surface area contributed by atoms with Gasteiger partial charge in [0.15, 0.2) is 0 Å². The fraction of sp³-hybridized carbons (Fsp3) is 0.500. The zero-order chi connectivity index (χ0) is 14.2. The Balaban J connectivity index is 2.41. The number of nitrogen functional groups attached to an aromatic ring is 1. The average molecular weight is 285 g/mol. The molecule has 1 aliphatic heterocycles. The normalized spacial score (nSPS) is 24.5. The number of benzene rings is 1. The molecule has 1 aromatic carbocycles. The minimum Gasteiger partial charge on any atom is -0.396 e. The highest BCUT2D eigenvalue weighted by Gasteiger charge is 2.25. The SMILES string of the molecule is CC1CN(c2cccc(S(N)(=O)=O)c2N)CC(C)O1. The van der Waals surface area contributed by atoms with Crippen molar-refractivity contribution in [1.82, 2.24) is 0 Å². The van der Waals surface area contributed by atoms with Crippen molar-refractivity contribution in [1.29, 1.82) is 0 Å². The topological polar surface area (TPSA) is 98.7 Å². The average Bonchev–Trinajstić information content (AvgIpc) is 2.26. The molecule has 1 saturated heterocycles. The quantitative estimate of drug-likeness (QED) is 0.772. The third-order valence-corrected chi connectivity index (χ3v) is 4.08. The van der Waals surface area contributed by atoms with E-state index in [9.17, 15) is 8.42 Å². The van der Waals surface area contributed by atoms with E-state index >= 15 is 0 Å². The van der Waals surface area contributed by atoms with Crippen LogP contribution in [-0.2, 0) is 14.8 Å². The molecule has 1 aromatic rings. The summed E-state index contributed by atoms with van der Waals surface area (Å²) in [6, 6.07) is 4.87. The maximum Gasteiger partial charge on any atom is 0.240 e. The fourth-order valence-corrected chi connectivity index (χ4v) is 3.11. The first kappa shape index (κ1) is 14.1. The van der Waals surface area contributed by atoms with Gasteiger partial charge in [-0.15, -0.1) is 0 Å². The molecule has 0 spiro atoms. The summed E-state index contributed by atoms with van der Waals surface area (Å²) in [5, 5.41) is 5.16. The van der Waals surface area contributed by atoms with Crippen molar-refractivity contribution in [2.45, 2.75) is 31.0 Å². The predicted molar refractivity (Wildman–Crippen MR) is 74.4 cm³/mol. The van der Waals surface area contributed by atoms with Crippen LogP contribution in [0.15, 0.2) is 23.1 Å². The van der Waals surface area contributed by atoms with Gasteiger partial charge in [-0.25, -0.2) is 13.6 Å². The molecule has 0 saturated carbocycles. The van der Waals surface area contributed by atoms with Gasteiger partial charge in [0.2, 0.25) is 10.0 Å². The monoisotopic (exact) mass is 285 g/mol. The van der Waals surface area contributed by atoms with Crippen LogP contribution in [0, 0.1) is 0 Å². The molecule has 0 aliphatic carbocycles. The Morgan fingerprint density at radius 1 is 1.26 bits per heavy atom. The second kappa shape index (κ2) is 4.99. The van der Waals surface area contributed by atoms with Crippen molar-refractivity contribution < 1.29 is 13.2 Å². The number of rotatable bonds is 2. The Morgan fingerprint density at radius 2 is 1.84 bits per heavy atom. The maximum absolute atomic E-state index is 11.5. The summed E-state index contributed by atoms with van der Waals surface area (Å²) in [5.74, 6) is 0. The van der Waals surface area contributed by atoms with Crippen LogP contribution in [0.25, 0.3) is 0 Å². The van der Waals surface area contributed by atoms with Gasteiger partial charge in [0.05, 0.1) is 23.6 Å². The van der Waals surface area contributed by atoms with Crippen molar-refractivity contribution in [2.75, 3.05) is 23.7 Å².